The van der Waals surface area contributed by atoms with Crippen LogP contribution in [-0.4, -0.2) is 31.7 Å². The molecule has 0 atom stereocenters. The summed E-state index contributed by atoms with van der Waals surface area (Å²) in [6.45, 7) is 1.68. The van der Waals surface area contributed by atoms with E-state index in [9.17, 15) is 22.4 Å². The molecule has 0 radical (unpaired) electrons. The molecular formula is C16H16FNO6S. The predicted molar refractivity (Wildman–Crippen MR) is 87.9 cm³/mol. The van der Waals surface area contributed by atoms with E-state index in [1.165, 1.54) is 6.07 Å². The van der Waals surface area contributed by atoms with Crippen molar-refractivity contribution in [3.05, 3.63) is 52.7 Å². The maximum Gasteiger partial charge on any atom is 0.339 e. The third-order valence-electron chi connectivity index (χ3n) is 3.32. The molecule has 0 aliphatic rings. The summed E-state index contributed by atoms with van der Waals surface area (Å²) in [7, 11) is -3.45. The molecule has 0 saturated heterocycles. The number of nitrogens with one attached hydrogen (secondary N) is 1. The molecule has 25 heavy (non-hydrogen) atoms. The van der Waals surface area contributed by atoms with Gasteiger partial charge in [0, 0.05) is 24.4 Å². The average Bonchev–Trinajstić information content (AvgIpc) is 2.93. The molecule has 0 fully saturated rings. The Balaban J connectivity index is 2.34. The third-order valence-corrected chi connectivity index (χ3v) is 4.15. The van der Waals surface area contributed by atoms with Crippen LogP contribution < -0.4 is 5.32 Å². The minimum absolute atomic E-state index is 0.0802. The highest BCUT2D eigenvalue weighted by atomic mass is 32.2. The lowest BCUT2D eigenvalue weighted by Gasteiger charge is -2.10. The van der Waals surface area contributed by atoms with Gasteiger partial charge in [-0.3, -0.25) is 4.79 Å². The highest BCUT2D eigenvalue weighted by Gasteiger charge is 2.21. The first-order valence-electron chi connectivity index (χ1n) is 7.24. The zero-order valence-electron chi connectivity index (χ0n) is 13.5. The van der Waals surface area contributed by atoms with Gasteiger partial charge in [0.05, 0.1) is 5.75 Å². The number of aryl methyl sites for hydroxylation is 1. The number of carbonyl (C=O) groups excluding carboxylic acids is 1. The Morgan fingerprint density at radius 1 is 1.28 bits per heavy atom. The fourth-order valence-electron chi connectivity index (χ4n) is 2.25. The molecule has 0 saturated carbocycles. The van der Waals surface area contributed by atoms with Gasteiger partial charge in [-0.1, -0.05) is 6.92 Å². The number of aromatic carboxylic acids is 1. The van der Waals surface area contributed by atoms with Crippen molar-refractivity contribution in [3.63, 3.8) is 0 Å². The molecule has 2 aromatic rings. The van der Waals surface area contributed by atoms with Gasteiger partial charge in [-0.05, 0) is 23.8 Å². The van der Waals surface area contributed by atoms with Crippen LogP contribution in [-0.2, 0) is 22.0 Å². The van der Waals surface area contributed by atoms with Crippen molar-refractivity contribution >= 4 is 27.4 Å². The summed E-state index contributed by atoms with van der Waals surface area (Å²) < 4.78 is 41.5. The Morgan fingerprint density at radius 3 is 2.48 bits per heavy atom. The van der Waals surface area contributed by atoms with E-state index in [2.05, 4.69) is 5.32 Å². The van der Waals surface area contributed by atoms with E-state index in [0.29, 0.717) is 0 Å². The number of anilines is 1. The first-order chi connectivity index (χ1) is 11.6. The van der Waals surface area contributed by atoms with Crippen LogP contribution >= 0.6 is 0 Å². The van der Waals surface area contributed by atoms with Crippen LogP contribution in [0.1, 0.15) is 39.2 Å². The van der Waals surface area contributed by atoms with Crippen LogP contribution in [0.25, 0.3) is 0 Å². The fourth-order valence-corrected chi connectivity index (χ4v) is 3.06. The van der Waals surface area contributed by atoms with Crippen molar-refractivity contribution in [1.82, 2.24) is 0 Å². The number of furan rings is 1. The van der Waals surface area contributed by atoms with Crippen molar-refractivity contribution in [3.8, 4) is 0 Å². The van der Waals surface area contributed by atoms with Gasteiger partial charge in [0.15, 0.2) is 15.6 Å². The third kappa shape index (κ3) is 4.66. The average molecular weight is 369 g/mol. The summed E-state index contributed by atoms with van der Waals surface area (Å²) in [6.07, 6.45) is 1.27. The van der Waals surface area contributed by atoms with Gasteiger partial charge < -0.3 is 14.8 Å². The van der Waals surface area contributed by atoms with Crippen molar-refractivity contribution in [2.75, 3.05) is 11.6 Å². The number of sulfone groups is 1. The number of carbonyl (C=O) groups is 2. The van der Waals surface area contributed by atoms with E-state index in [1.54, 1.807) is 6.92 Å². The second-order valence-corrected chi connectivity index (χ2v) is 7.57. The van der Waals surface area contributed by atoms with Crippen LogP contribution in [0.5, 0.6) is 0 Å². The Kier molecular flexibility index (Phi) is 5.27. The Bertz CT molecular complexity index is 932. The minimum atomic E-state index is -3.45. The van der Waals surface area contributed by atoms with Crippen molar-refractivity contribution in [2.24, 2.45) is 0 Å². The van der Waals surface area contributed by atoms with Gasteiger partial charge in [0.2, 0.25) is 0 Å². The number of carboxylic acids is 1. The number of benzene rings is 1. The van der Waals surface area contributed by atoms with Crippen LogP contribution in [0, 0.1) is 5.82 Å². The van der Waals surface area contributed by atoms with Crippen LogP contribution in [0.15, 0.2) is 28.7 Å². The summed E-state index contributed by atoms with van der Waals surface area (Å²) in [5, 5.41) is 11.5. The van der Waals surface area contributed by atoms with E-state index in [1.807, 2.05) is 0 Å². The highest BCUT2D eigenvalue weighted by Crippen LogP contribution is 2.22. The molecule has 0 bridgehead atoms. The lowest BCUT2D eigenvalue weighted by molar-refractivity contribution is 0.0694. The topological polar surface area (TPSA) is 114 Å². The standard InChI is InChI=1S/C16H16FNO6S/c1-3-13-11(16(20)21)7-14(24-13)15(19)18-12-5-4-10(17)6-9(12)8-25(2,22)23/h4-7H,3,8H2,1-2H3,(H,18,19)(H,20,21). The van der Waals surface area contributed by atoms with Gasteiger partial charge in [0.25, 0.3) is 5.91 Å². The lowest BCUT2D eigenvalue weighted by Crippen LogP contribution is -2.14. The highest BCUT2D eigenvalue weighted by molar-refractivity contribution is 7.89. The first-order valence-corrected chi connectivity index (χ1v) is 9.30. The second-order valence-electron chi connectivity index (χ2n) is 5.43. The van der Waals surface area contributed by atoms with E-state index >= 15 is 0 Å². The van der Waals surface area contributed by atoms with E-state index in [0.717, 1.165) is 24.5 Å². The van der Waals surface area contributed by atoms with Crippen molar-refractivity contribution in [2.45, 2.75) is 19.1 Å². The van der Waals surface area contributed by atoms with E-state index in [-0.39, 0.29) is 34.8 Å². The summed E-state index contributed by atoms with van der Waals surface area (Å²) in [5.41, 5.74) is 0.0582. The molecule has 0 unspecified atom stereocenters. The molecule has 0 aliphatic heterocycles. The number of halogens is 1. The number of hydrogen-bond donors (Lipinski definition) is 2. The molecule has 134 valence electrons. The van der Waals surface area contributed by atoms with Crippen molar-refractivity contribution < 1.29 is 31.9 Å². The molecule has 1 amide bonds. The summed E-state index contributed by atoms with van der Waals surface area (Å²) in [5.74, 6) is -3.17. The predicted octanol–water partition coefficient (Wildman–Crippen LogP) is 2.48. The lowest BCUT2D eigenvalue weighted by atomic mass is 10.2. The summed E-state index contributed by atoms with van der Waals surface area (Å²) in [6, 6.07) is 4.41. The Labute approximate surface area is 143 Å². The second kappa shape index (κ2) is 7.06. The molecule has 1 aromatic carbocycles. The molecular weight excluding hydrogens is 353 g/mol. The maximum atomic E-state index is 13.4. The largest absolute Gasteiger partial charge is 0.478 e. The Morgan fingerprint density at radius 2 is 1.96 bits per heavy atom. The first kappa shape index (κ1) is 18.7. The van der Waals surface area contributed by atoms with Gasteiger partial charge in [-0.2, -0.15) is 0 Å². The molecule has 9 heteroatoms. The SMILES string of the molecule is CCc1oc(C(=O)Nc2ccc(F)cc2CS(C)(=O)=O)cc1C(=O)O. The smallest absolute Gasteiger partial charge is 0.339 e. The molecule has 2 N–H and O–H groups in total. The number of rotatable bonds is 6. The van der Waals surface area contributed by atoms with Gasteiger partial charge in [0.1, 0.15) is 17.1 Å². The monoisotopic (exact) mass is 369 g/mol. The van der Waals surface area contributed by atoms with Crippen LogP contribution in [0.3, 0.4) is 0 Å². The molecule has 1 heterocycles. The van der Waals surface area contributed by atoms with E-state index < -0.39 is 33.3 Å². The molecule has 2 rings (SSSR count). The fraction of sp³-hybridized carbons (Fsp3) is 0.250. The molecule has 7 nitrogen and oxygen atoms in total. The molecule has 1 aromatic heterocycles. The zero-order valence-corrected chi connectivity index (χ0v) is 14.3. The molecule has 0 aliphatic carbocycles. The number of hydrogen-bond acceptors (Lipinski definition) is 5. The Hall–Kier alpha value is -2.68. The van der Waals surface area contributed by atoms with Crippen LogP contribution in [0.4, 0.5) is 10.1 Å². The molecule has 0 spiro atoms. The summed E-state index contributed by atoms with van der Waals surface area (Å²) >= 11 is 0. The number of amides is 1. The van der Waals surface area contributed by atoms with Gasteiger partial charge in [-0.15, -0.1) is 0 Å². The quantitative estimate of drug-likeness (QED) is 0.809. The van der Waals surface area contributed by atoms with Crippen LogP contribution in [0.2, 0.25) is 0 Å². The normalized spacial score (nSPS) is 11.3. The van der Waals surface area contributed by atoms with Gasteiger partial charge in [-0.25, -0.2) is 17.6 Å². The van der Waals surface area contributed by atoms with Crippen molar-refractivity contribution in [1.29, 1.82) is 0 Å². The van der Waals surface area contributed by atoms with E-state index in [4.69, 9.17) is 9.52 Å². The number of carboxylic acid groups (broad SMARTS) is 1. The van der Waals surface area contributed by atoms with Gasteiger partial charge >= 0.3 is 5.97 Å². The minimum Gasteiger partial charge on any atom is -0.478 e. The maximum absolute atomic E-state index is 13.4. The zero-order chi connectivity index (χ0) is 18.8. The summed E-state index contributed by atoms with van der Waals surface area (Å²) in [4.78, 5) is 23.4.